The second-order valence-electron chi connectivity index (χ2n) is 4.91. The zero-order valence-corrected chi connectivity index (χ0v) is 12.4. The van der Waals surface area contributed by atoms with Crippen molar-refractivity contribution in [2.24, 2.45) is 10.2 Å². The summed E-state index contributed by atoms with van der Waals surface area (Å²) in [6.07, 6.45) is -0.143. The molecule has 24 heavy (non-hydrogen) atoms. The van der Waals surface area contributed by atoms with Crippen molar-refractivity contribution < 1.29 is 14.8 Å². The van der Waals surface area contributed by atoms with E-state index in [4.69, 9.17) is 0 Å². The van der Waals surface area contributed by atoms with Gasteiger partial charge in [0.1, 0.15) is 6.07 Å². The quantitative estimate of drug-likeness (QED) is 0.495. The number of carboxylic acids is 1. The van der Waals surface area contributed by atoms with Gasteiger partial charge in [-0.15, -0.1) is 0 Å². The summed E-state index contributed by atoms with van der Waals surface area (Å²) in [5.41, 5.74) is -1.34. The van der Waals surface area contributed by atoms with Crippen molar-refractivity contribution in [1.82, 2.24) is 0 Å². The first-order valence-corrected chi connectivity index (χ1v) is 6.83. The van der Waals surface area contributed by atoms with Crippen molar-refractivity contribution in [2.45, 2.75) is 12.0 Å². The van der Waals surface area contributed by atoms with E-state index in [2.05, 4.69) is 10.2 Å². The molecule has 2 aromatic carbocycles. The maximum Gasteiger partial charge on any atom is 0.348 e. The van der Waals surface area contributed by atoms with Gasteiger partial charge >= 0.3 is 5.97 Å². The van der Waals surface area contributed by atoms with Crippen LogP contribution in [0.3, 0.4) is 0 Å². The van der Waals surface area contributed by atoms with Gasteiger partial charge in [-0.25, -0.2) is 4.79 Å². The molecule has 0 heterocycles. The number of carbonyl (C=O) groups is 1. The van der Waals surface area contributed by atoms with Crippen LogP contribution >= 0.6 is 0 Å². The predicted octanol–water partition coefficient (Wildman–Crippen LogP) is 3.27. The van der Waals surface area contributed by atoms with Crippen molar-refractivity contribution >= 4 is 17.3 Å². The molecule has 2 aromatic rings. The molecule has 1 atom stereocenters. The van der Waals surface area contributed by atoms with Crippen LogP contribution in [0, 0.1) is 21.4 Å². The third kappa shape index (κ3) is 3.78. The summed E-state index contributed by atoms with van der Waals surface area (Å²) in [6.45, 7) is 0. The Morgan fingerprint density at radius 3 is 2.33 bits per heavy atom. The predicted molar refractivity (Wildman–Crippen MR) is 83.7 cm³/mol. The Morgan fingerprint density at radius 1 is 1.21 bits per heavy atom. The molecular formula is C16H12N4O4. The van der Waals surface area contributed by atoms with Crippen LogP contribution in [0.5, 0.6) is 0 Å². The number of benzene rings is 2. The standard InChI is InChI=1S/C16H12N4O4/c17-11-16(15(21)22,10-12-4-2-1-3-5-12)19-18-13-6-8-14(9-7-13)20(23)24/h1-9H,10H2,(H,21,22)/b19-18+. The van der Waals surface area contributed by atoms with E-state index in [9.17, 15) is 25.3 Å². The number of rotatable bonds is 6. The van der Waals surface area contributed by atoms with Crippen LogP contribution < -0.4 is 0 Å². The van der Waals surface area contributed by atoms with E-state index in [0.29, 0.717) is 5.56 Å². The summed E-state index contributed by atoms with van der Waals surface area (Å²) < 4.78 is 0. The maximum atomic E-state index is 11.6. The lowest BCUT2D eigenvalue weighted by Gasteiger charge is -2.15. The van der Waals surface area contributed by atoms with Gasteiger partial charge in [0.05, 0.1) is 10.6 Å². The van der Waals surface area contributed by atoms with Crippen molar-refractivity contribution in [2.75, 3.05) is 0 Å². The number of aliphatic carboxylic acids is 1. The molecule has 0 aliphatic rings. The Kier molecular flexibility index (Phi) is 4.96. The first kappa shape index (κ1) is 16.8. The minimum absolute atomic E-state index is 0.122. The number of hydrogen-bond donors (Lipinski definition) is 1. The van der Waals surface area contributed by atoms with Crippen LogP contribution in [-0.2, 0) is 11.2 Å². The lowest BCUT2D eigenvalue weighted by molar-refractivity contribution is -0.384. The zero-order chi connectivity index (χ0) is 17.6. The van der Waals surface area contributed by atoms with Gasteiger partial charge in [-0.1, -0.05) is 30.3 Å². The third-order valence-corrected chi connectivity index (χ3v) is 3.24. The fourth-order valence-electron chi connectivity index (χ4n) is 1.94. The highest BCUT2D eigenvalue weighted by molar-refractivity contribution is 5.83. The highest BCUT2D eigenvalue weighted by atomic mass is 16.6. The Balaban J connectivity index is 2.30. The SMILES string of the molecule is N#CC(Cc1ccccc1)(/N=N/c1ccc([N+](=O)[O-])cc1)C(=O)O. The summed E-state index contributed by atoms with van der Waals surface area (Å²) in [4.78, 5) is 21.6. The van der Waals surface area contributed by atoms with Gasteiger partial charge in [-0.3, -0.25) is 10.1 Å². The van der Waals surface area contributed by atoms with E-state index in [1.807, 2.05) is 0 Å². The number of nitro groups is 1. The molecule has 2 rings (SSSR count). The molecular weight excluding hydrogens is 312 g/mol. The second kappa shape index (κ2) is 7.11. The highest BCUT2D eigenvalue weighted by Gasteiger charge is 2.39. The van der Waals surface area contributed by atoms with E-state index >= 15 is 0 Å². The van der Waals surface area contributed by atoms with Gasteiger partial charge in [-0.05, 0) is 17.7 Å². The van der Waals surface area contributed by atoms with E-state index in [0.717, 1.165) is 0 Å². The first-order chi connectivity index (χ1) is 11.5. The minimum atomic E-state index is -2.07. The lowest BCUT2D eigenvalue weighted by atomic mass is 9.93. The monoisotopic (exact) mass is 324 g/mol. The van der Waals surface area contributed by atoms with Gasteiger partial charge < -0.3 is 5.11 Å². The Hall–Kier alpha value is -3.60. The molecule has 0 saturated carbocycles. The lowest BCUT2D eigenvalue weighted by Crippen LogP contribution is -2.37. The molecule has 0 amide bonds. The fraction of sp³-hybridized carbons (Fsp3) is 0.125. The molecule has 0 aromatic heterocycles. The molecule has 0 spiro atoms. The molecule has 120 valence electrons. The van der Waals surface area contributed by atoms with E-state index in [-0.39, 0.29) is 17.8 Å². The van der Waals surface area contributed by atoms with Crippen molar-refractivity contribution in [3.8, 4) is 6.07 Å². The van der Waals surface area contributed by atoms with E-state index in [1.165, 1.54) is 24.3 Å². The van der Waals surface area contributed by atoms with E-state index < -0.39 is 16.4 Å². The van der Waals surface area contributed by atoms with Crippen LogP contribution in [0.15, 0.2) is 64.8 Å². The fourth-order valence-corrected chi connectivity index (χ4v) is 1.94. The summed E-state index contributed by atoms with van der Waals surface area (Å²) >= 11 is 0. The number of nitro benzene ring substituents is 1. The minimum Gasteiger partial charge on any atom is -0.479 e. The molecule has 8 nitrogen and oxygen atoms in total. The molecule has 1 unspecified atom stereocenters. The van der Waals surface area contributed by atoms with Gasteiger partial charge in [0, 0.05) is 18.6 Å². The number of nitriles is 1. The largest absolute Gasteiger partial charge is 0.479 e. The van der Waals surface area contributed by atoms with Crippen LogP contribution in [0.1, 0.15) is 5.56 Å². The van der Waals surface area contributed by atoms with Crippen molar-refractivity contribution in [1.29, 1.82) is 5.26 Å². The number of nitrogens with zero attached hydrogens (tertiary/aromatic N) is 4. The number of non-ortho nitro benzene ring substituents is 1. The summed E-state index contributed by atoms with van der Waals surface area (Å²) in [5.74, 6) is -1.42. The molecule has 0 saturated heterocycles. The van der Waals surface area contributed by atoms with Gasteiger partial charge in [0.25, 0.3) is 11.2 Å². The molecule has 8 heteroatoms. The Bertz CT molecular complexity index is 812. The summed E-state index contributed by atoms with van der Waals surface area (Å²) in [7, 11) is 0. The average Bonchev–Trinajstić information content (AvgIpc) is 2.59. The molecule has 0 aliphatic heterocycles. The molecule has 0 fully saturated rings. The molecule has 0 aliphatic carbocycles. The molecule has 0 bridgehead atoms. The third-order valence-electron chi connectivity index (χ3n) is 3.24. The van der Waals surface area contributed by atoms with Crippen LogP contribution in [0.2, 0.25) is 0 Å². The summed E-state index contributed by atoms with van der Waals surface area (Å²) in [6, 6.07) is 15.4. The number of carboxylic acid groups (broad SMARTS) is 1. The van der Waals surface area contributed by atoms with E-state index in [1.54, 1.807) is 36.4 Å². The smallest absolute Gasteiger partial charge is 0.348 e. The maximum absolute atomic E-state index is 11.6. The van der Waals surface area contributed by atoms with Crippen LogP contribution in [0.25, 0.3) is 0 Å². The van der Waals surface area contributed by atoms with Crippen molar-refractivity contribution in [3.63, 3.8) is 0 Å². The first-order valence-electron chi connectivity index (χ1n) is 6.83. The topological polar surface area (TPSA) is 129 Å². The molecule has 0 radical (unpaired) electrons. The highest BCUT2D eigenvalue weighted by Crippen LogP contribution is 2.23. The van der Waals surface area contributed by atoms with Gasteiger partial charge in [0.2, 0.25) is 0 Å². The number of azo groups is 1. The van der Waals surface area contributed by atoms with Gasteiger partial charge in [0.15, 0.2) is 0 Å². The Labute approximate surface area is 136 Å². The van der Waals surface area contributed by atoms with Crippen LogP contribution in [0.4, 0.5) is 11.4 Å². The van der Waals surface area contributed by atoms with Crippen molar-refractivity contribution in [3.05, 3.63) is 70.3 Å². The van der Waals surface area contributed by atoms with Gasteiger partial charge in [-0.2, -0.15) is 15.5 Å². The molecule has 1 N–H and O–H groups in total. The zero-order valence-electron chi connectivity index (χ0n) is 12.4. The Morgan fingerprint density at radius 2 is 1.83 bits per heavy atom. The average molecular weight is 324 g/mol. The second-order valence-corrected chi connectivity index (χ2v) is 4.91. The van der Waals surface area contributed by atoms with Crippen LogP contribution in [-0.4, -0.2) is 21.5 Å². The number of hydrogen-bond acceptors (Lipinski definition) is 6. The summed E-state index contributed by atoms with van der Waals surface area (Å²) in [5, 5.41) is 36.8. The normalized spacial score (nSPS) is 13.1.